The van der Waals surface area contributed by atoms with E-state index in [1.807, 2.05) is 12.1 Å². The van der Waals surface area contributed by atoms with Crippen LogP contribution in [0.15, 0.2) is 36.5 Å². The normalized spacial score (nSPS) is 10.4. The number of methoxy groups -OCH3 is 1. The van der Waals surface area contributed by atoms with Crippen LogP contribution in [0.1, 0.15) is 11.1 Å². The van der Waals surface area contributed by atoms with E-state index in [2.05, 4.69) is 27.4 Å². The van der Waals surface area contributed by atoms with E-state index >= 15 is 0 Å². The van der Waals surface area contributed by atoms with Crippen LogP contribution in [-0.2, 0) is 4.74 Å². The Kier molecular flexibility index (Phi) is 4.26. The Morgan fingerprint density at radius 3 is 2.96 bits per heavy atom. The molecule has 0 aliphatic rings. The molecule has 0 aliphatic carbocycles. The minimum atomic E-state index is -0.221. The third-order valence-electron chi connectivity index (χ3n) is 3.45. The van der Waals surface area contributed by atoms with E-state index in [0.29, 0.717) is 12.2 Å². The topological polar surface area (TPSA) is 49.9 Å². The Hall–Kier alpha value is -2.84. The molecule has 0 atom stereocenters. The zero-order valence-electron chi connectivity index (χ0n) is 12.9. The summed E-state index contributed by atoms with van der Waals surface area (Å²) in [6, 6.07) is 8.82. The number of aromatic amines is 1. The van der Waals surface area contributed by atoms with Gasteiger partial charge in [-0.05, 0) is 42.8 Å². The lowest BCUT2D eigenvalue weighted by molar-refractivity contribution is 0.240. The van der Waals surface area contributed by atoms with Gasteiger partial charge in [0.15, 0.2) is 0 Å². The first-order valence-corrected chi connectivity index (χ1v) is 7.15. The Balaban J connectivity index is 2.01. The minimum absolute atomic E-state index is 0.221. The third kappa shape index (κ3) is 3.33. The lowest BCUT2D eigenvalue weighted by Crippen LogP contribution is -1.95. The number of nitrogens with one attached hydrogen (secondary N) is 2. The molecule has 4 nitrogen and oxygen atoms in total. The monoisotopic (exact) mass is 309 g/mol. The summed E-state index contributed by atoms with van der Waals surface area (Å²) in [5.74, 6) is 5.81. The van der Waals surface area contributed by atoms with Crippen molar-refractivity contribution in [2.24, 2.45) is 0 Å². The Labute approximate surface area is 133 Å². The summed E-state index contributed by atoms with van der Waals surface area (Å²) in [6.07, 6.45) is 1.75. The standard InChI is InChI=1S/C18H16FN3O/c1-12-8-15(5-6-16(12)19)21-17-10-14-11-20-22-18(14)9-13(17)4-3-7-23-2/h5-6,8-11,21H,7H2,1-2H3,(H,20,22). The quantitative estimate of drug-likeness (QED) is 0.724. The maximum atomic E-state index is 13.4. The molecule has 3 aromatic rings. The predicted molar refractivity (Wildman–Crippen MR) is 89.3 cm³/mol. The van der Waals surface area contributed by atoms with Gasteiger partial charge in [0.05, 0.1) is 23.0 Å². The van der Waals surface area contributed by atoms with Gasteiger partial charge in [0.25, 0.3) is 0 Å². The first-order valence-electron chi connectivity index (χ1n) is 7.15. The Bertz CT molecular complexity index is 906. The summed E-state index contributed by atoms with van der Waals surface area (Å²) in [5, 5.41) is 11.2. The van der Waals surface area contributed by atoms with Crippen LogP contribution in [0.2, 0.25) is 0 Å². The molecule has 0 bridgehead atoms. The molecule has 2 aromatic carbocycles. The zero-order valence-corrected chi connectivity index (χ0v) is 12.9. The molecule has 0 amide bonds. The Morgan fingerprint density at radius 2 is 2.17 bits per heavy atom. The molecule has 0 aliphatic heterocycles. The fourth-order valence-electron chi connectivity index (χ4n) is 2.28. The average Bonchev–Trinajstić information content (AvgIpc) is 2.98. The summed E-state index contributed by atoms with van der Waals surface area (Å²) >= 11 is 0. The summed E-state index contributed by atoms with van der Waals surface area (Å²) in [6.45, 7) is 2.09. The molecule has 0 unspecified atom stereocenters. The molecule has 1 aromatic heterocycles. The lowest BCUT2D eigenvalue weighted by Gasteiger charge is -2.10. The number of hydrogen-bond acceptors (Lipinski definition) is 3. The minimum Gasteiger partial charge on any atom is -0.372 e. The lowest BCUT2D eigenvalue weighted by atomic mass is 10.1. The van der Waals surface area contributed by atoms with Gasteiger partial charge < -0.3 is 10.1 Å². The van der Waals surface area contributed by atoms with E-state index in [0.717, 1.165) is 27.8 Å². The largest absolute Gasteiger partial charge is 0.372 e. The molecule has 1 heterocycles. The van der Waals surface area contributed by atoms with Gasteiger partial charge >= 0.3 is 0 Å². The molecule has 0 fully saturated rings. The number of H-pyrrole nitrogens is 1. The Morgan fingerprint density at radius 1 is 1.30 bits per heavy atom. The van der Waals surface area contributed by atoms with Gasteiger partial charge in [0, 0.05) is 18.2 Å². The number of fused-ring (bicyclic) bond motifs is 1. The predicted octanol–water partition coefficient (Wildman–Crippen LogP) is 3.75. The van der Waals surface area contributed by atoms with Crippen molar-refractivity contribution in [1.82, 2.24) is 10.2 Å². The van der Waals surface area contributed by atoms with E-state index in [1.54, 1.807) is 32.4 Å². The van der Waals surface area contributed by atoms with Gasteiger partial charge in [-0.3, -0.25) is 5.10 Å². The third-order valence-corrected chi connectivity index (χ3v) is 3.45. The number of rotatable bonds is 3. The molecular formula is C18H16FN3O. The summed E-state index contributed by atoms with van der Waals surface area (Å²) in [7, 11) is 1.60. The summed E-state index contributed by atoms with van der Waals surface area (Å²) in [4.78, 5) is 0. The van der Waals surface area contributed by atoms with Crippen molar-refractivity contribution < 1.29 is 9.13 Å². The van der Waals surface area contributed by atoms with E-state index < -0.39 is 0 Å². The smallest absolute Gasteiger partial charge is 0.126 e. The fourth-order valence-corrected chi connectivity index (χ4v) is 2.28. The first kappa shape index (κ1) is 15.1. The van der Waals surface area contributed by atoms with Crippen LogP contribution in [0.4, 0.5) is 15.8 Å². The van der Waals surface area contributed by atoms with Crippen LogP contribution in [0.5, 0.6) is 0 Å². The second-order valence-corrected chi connectivity index (χ2v) is 5.18. The second kappa shape index (κ2) is 6.51. The number of halogens is 1. The van der Waals surface area contributed by atoms with Gasteiger partial charge in [-0.25, -0.2) is 4.39 Å². The van der Waals surface area contributed by atoms with Crippen molar-refractivity contribution in [2.75, 3.05) is 19.0 Å². The van der Waals surface area contributed by atoms with E-state index in [-0.39, 0.29) is 5.82 Å². The number of nitrogens with zero attached hydrogens (tertiary/aromatic N) is 1. The SMILES string of the molecule is COCC#Cc1cc2[nH]ncc2cc1Nc1ccc(F)c(C)c1. The first-order chi connectivity index (χ1) is 11.2. The van der Waals surface area contributed by atoms with Crippen LogP contribution in [0.25, 0.3) is 10.9 Å². The fraction of sp³-hybridized carbons (Fsp3) is 0.167. The molecule has 116 valence electrons. The highest BCUT2D eigenvalue weighted by atomic mass is 19.1. The van der Waals surface area contributed by atoms with Crippen molar-refractivity contribution >= 4 is 22.3 Å². The van der Waals surface area contributed by atoms with Crippen LogP contribution in [0.3, 0.4) is 0 Å². The highest BCUT2D eigenvalue weighted by molar-refractivity contribution is 5.86. The molecule has 23 heavy (non-hydrogen) atoms. The maximum absolute atomic E-state index is 13.4. The van der Waals surface area contributed by atoms with Crippen LogP contribution < -0.4 is 5.32 Å². The van der Waals surface area contributed by atoms with Crippen molar-refractivity contribution in [3.8, 4) is 11.8 Å². The number of hydrogen-bond donors (Lipinski definition) is 2. The van der Waals surface area contributed by atoms with E-state index in [1.165, 1.54) is 6.07 Å². The molecule has 0 saturated heterocycles. The molecule has 5 heteroatoms. The second-order valence-electron chi connectivity index (χ2n) is 5.18. The molecule has 0 radical (unpaired) electrons. The summed E-state index contributed by atoms with van der Waals surface area (Å²) in [5.41, 5.74) is 3.97. The molecule has 0 saturated carbocycles. The number of anilines is 2. The number of ether oxygens (including phenoxy) is 1. The van der Waals surface area contributed by atoms with Crippen molar-refractivity contribution in [2.45, 2.75) is 6.92 Å². The van der Waals surface area contributed by atoms with Crippen LogP contribution in [0, 0.1) is 24.6 Å². The van der Waals surface area contributed by atoms with Gasteiger partial charge in [-0.1, -0.05) is 11.8 Å². The van der Waals surface area contributed by atoms with Crippen LogP contribution in [-0.4, -0.2) is 23.9 Å². The van der Waals surface area contributed by atoms with Crippen molar-refractivity contribution in [3.63, 3.8) is 0 Å². The summed E-state index contributed by atoms with van der Waals surface area (Å²) < 4.78 is 18.4. The van der Waals surface area contributed by atoms with Gasteiger partial charge in [0.1, 0.15) is 12.4 Å². The zero-order chi connectivity index (χ0) is 16.2. The average molecular weight is 309 g/mol. The molecular weight excluding hydrogens is 293 g/mol. The van der Waals surface area contributed by atoms with E-state index in [4.69, 9.17) is 4.74 Å². The molecule has 2 N–H and O–H groups in total. The highest BCUT2D eigenvalue weighted by Crippen LogP contribution is 2.26. The van der Waals surface area contributed by atoms with Gasteiger partial charge in [-0.15, -0.1) is 0 Å². The highest BCUT2D eigenvalue weighted by Gasteiger charge is 2.06. The van der Waals surface area contributed by atoms with Gasteiger partial charge in [0.2, 0.25) is 0 Å². The maximum Gasteiger partial charge on any atom is 0.126 e. The number of aryl methyl sites for hydroxylation is 1. The number of benzene rings is 2. The van der Waals surface area contributed by atoms with E-state index in [9.17, 15) is 4.39 Å². The van der Waals surface area contributed by atoms with Gasteiger partial charge in [-0.2, -0.15) is 5.10 Å². The molecule has 0 spiro atoms. The van der Waals surface area contributed by atoms with Crippen molar-refractivity contribution in [3.05, 3.63) is 53.5 Å². The number of aromatic nitrogens is 2. The molecule has 3 rings (SSSR count). The van der Waals surface area contributed by atoms with Crippen molar-refractivity contribution in [1.29, 1.82) is 0 Å². The van der Waals surface area contributed by atoms with Crippen LogP contribution >= 0.6 is 0 Å².